The Morgan fingerprint density at radius 1 is 1.47 bits per heavy atom. The molecule has 3 rings (SSSR count). The summed E-state index contributed by atoms with van der Waals surface area (Å²) in [4.78, 5) is 2.45. The van der Waals surface area contributed by atoms with Crippen LogP contribution >= 0.6 is 0 Å². The van der Waals surface area contributed by atoms with Crippen molar-refractivity contribution >= 4 is 0 Å². The Morgan fingerprint density at radius 3 is 3.20 bits per heavy atom. The third kappa shape index (κ3) is 1.49. The fraction of sp³-hybridized carbons (Fsp3) is 0.833. The molecule has 2 bridgehead atoms. The number of aliphatic hydroxyl groups is 1. The van der Waals surface area contributed by atoms with Crippen LogP contribution in [0.5, 0.6) is 0 Å². The Labute approximate surface area is 90.7 Å². The van der Waals surface area contributed by atoms with Gasteiger partial charge in [-0.15, -0.1) is 0 Å². The van der Waals surface area contributed by atoms with Crippen LogP contribution in [-0.4, -0.2) is 41.8 Å². The zero-order chi connectivity index (χ0) is 10.3. The van der Waals surface area contributed by atoms with Gasteiger partial charge in [0.1, 0.15) is 11.4 Å². The molecule has 0 saturated carbocycles. The zero-order valence-corrected chi connectivity index (χ0v) is 9.11. The van der Waals surface area contributed by atoms with E-state index in [0.717, 1.165) is 57.7 Å². The third-order valence-electron chi connectivity index (χ3n) is 4.12. The molecule has 0 spiro atoms. The van der Waals surface area contributed by atoms with E-state index >= 15 is 0 Å². The highest BCUT2D eigenvalue weighted by Gasteiger charge is 2.48. The molecule has 0 aromatic heterocycles. The summed E-state index contributed by atoms with van der Waals surface area (Å²) in [5, 5.41) is 10.8. The van der Waals surface area contributed by atoms with Crippen molar-refractivity contribution in [3.63, 3.8) is 0 Å². The summed E-state index contributed by atoms with van der Waals surface area (Å²) in [6.45, 7) is 4.01. The van der Waals surface area contributed by atoms with Crippen molar-refractivity contribution in [1.29, 1.82) is 0 Å². The topological polar surface area (TPSA) is 32.7 Å². The van der Waals surface area contributed by atoms with E-state index in [2.05, 4.69) is 11.0 Å². The molecular weight excluding hydrogens is 190 g/mol. The smallest absolute Gasteiger partial charge is 0.126 e. The van der Waals surface area contributed by atoms with E-state index in [0.29, 0.717) is 5.92 Å². The Balaban J connectivity index is 1.85. The Bertz CT molecular complexity index is 289. The van der Waals surface area contributed by atoms with E-state index in [1.807, 2.05) is 0 Å². The molecule has 0 amide bonds. The molecule has 2 fully saturated rings. The molecule has 15 heavy (non-hydrogen) atoms. The average Bonchev–Trinajstić information content (AvgIpc) is 2.71. The van der Waals surface area contributed by atoms with Gasteiger partial charge in [-0.25, -0.2) is 0 Å². The Kier molecular flexibility index (Phi) is 2.25. The van der Waals surface area contributed by atoms with Gasteiger partial charge in [-0.1, -0.05) is 0 Å². The molecule has 3 nitrogen and oxygen atoms in total. The van der Waals surface area contributed by atoms with Gasteiger partial charge in [0.2, 0.25) is 0 Å². The molecule has 3 heteroatoms. The van der Waals surface area contributed by atoms with Crippen molar-refractivity contribution in [1.82, 2.24) is 4.90 Å². The van der Waals surface area contributed by atoms with Gasteiger partial charge in [-0.05, 0) is 38.3 Å². The van der Waals surface area contributed by atoms with Gasteiger partial charge < -0.3 is 14.7 Å². The van der Waals surface area contributed by atoms with Gasteiger partial charge in [0, 0.05) is 19.0 Å². The van der Waals surface area contributed by atoms with Crippen molar-refractivity contribution in [2.45, 2.75) is 31.3 Å². The molecule has 2 saturated heterocycles. The molecule has 3 aliphatic rings. The number of rotatable bonds is 1. The minimum atomic E-state index is -0.645. The van der Waals surface area contributed by atoms with Crippen molar-refractivity contribution in [3.8, 4) is 0 Å². The van der Waals surface area contributed by atoms with Crippen LogP contribution < -0.4 is 0 Å². The standard InChI is InChI=1S/C12H19NO2/c14-12(11-3-1-2-8-15-11)5-7-13-6-4-10(12)9-13/h3,10,14H,1-2,4-9H2. The highest BCUT2D eigenvalue weighted by Crippen LogP contribution is 2.41. The number of fused-ring (bicyclic) bond motifs is 2. The highest BCUT2D eigenvalue weighted by atomic mass is 16.5. The van der Waals surface area contributed by atoms with E-state index < -0.39 is 5.60 Å². The second-order valence-electron chi connectivity index (χ2n) is 5.02. The van der Waals surface area contributed by atoms with Crippen LogP contribution in [0, 0.1) is 5.92 Å². The lowest BCUT2D eigenvalue weighted by Gasteiger charge is -2.40. The first-order valence-electron chi connectivity index (χ1n) is 6.07. The van der Waals surface area contributed by atoms with Gasteiger partial charge in [-0.2, -0.15) is 0 Å². The maximum Gasteiger partial charge on any atom is 0.126 e. The van der Waals surface area contributed by atoms with E-state index in [1.54, 1.807) is 0 Å². The summed E-state index contributed by atoms with van der Waals surface area (Å²) in [5.74, 6) is 1.27. The molecule has 0 aliphatic carbocycles. The molecule has 0 aromatic carbocycles. The molecule has 3 heterocycles. The first kappa shape index (κ1) is 9.67. The average molecular weight is 209 g/mol. The van der Waals surface area contributed by atoms with Crippen LogP contribution in [0.15, 0.2) is 11.8 Å². The first-order chi connectivity index (χ1) is 7.29. The van der Waals surface area contributed by atoms with Crippen LogP contribution in [0.25, 0.3) is 0 Å². The van der Waals surface area contributed by atoms with Gasteiger partial charge in [-0.3, -0.25) is 0 Å². The van der Waals surface area contributed by atoms with Gasteiger partial charge in [0.15, 0.2) is 0 Å². The summed E-state index contributed by atoms with van der Waals surface area (Å²) in [6, 6.07) is 0. The predicted molar refractivity (Wildman–Crippen MR) is 57.4 cm³/mol. The molecule has 1 N–H and O–H groups in total. The van der Waals surface area contributed by atoms with Crippen molar-refractivity contribution in [3.05, 3.63) is 11.8 Å². The largest absolute Gasteiger partial charge is 0.495 e. The van der Waals surface area contributed by atoms with Gasteiger partial charge in [0.25, 0.3) is 0 Å². The van der Waals surface area contributed by atoms with Crippen molar-refractivity contribution in [2.24, 2.45) is 5.92 Å². The normalized spacial score (nSPS) is 44.7. The summed E-state index contributed by atoms with van der Waals surface area (Å²) in [6.07, 6.45) is 6.24. The van der Waals surface area contributed by atoms with Crippen LogP contribution in [-0.2, 0) is 4.74 Å². The lowest BCUT2D eigenvalue weighted by Crippen LogP contribution is -2.48. The molecular formula is C12H19NO2. The fourth-order valence-electron chi connectivity index (χ4n) is 3.14. The van der Waals surface area contributed by atoms with Crippen LogP contribution in [0.1, 0.15) is 25.7 Å². The zero-order valence-electron chi connectivity index (χ0n) is 9.11. The summed E-state index contributed by atoms with van der Waals surface area (Å²) in [5.41, 5.74) is -0.645. The molecule has 84 valence electrons. The van der Waals surface area contributed by atoms with Crippen LogP contribution in [0.3, 0.4) is 0 Å². The Hall–Kier alpha value is -0.540. The van der Waals surface area contributed by atoms with Crippen molar-refractivity contribution < 1.29 is 9.84 Å². The number of nitrogens with zero attached hydrogens (tertiary/aromatic N) is 1. The van der Waals surface area contributed by atoms with Gasteiger partial charge in [0.05, 0.1) is 6.61 Å². The van der Waals surface area contributed by atoms with E-state index in [9.17, 15) is 5.11 Å². The first-order valence-corrected chi connectivity index (χ1v) is 6.07. The van der Waals surface area contributed by atoms with Crippen LogP contribution in [0.4, 0.5) is 0 Å². The number of piperidine rings is 1. The quantitative estimate of drug-likeness (QED) is 0.703. The van der Waals surface area contributed by atoms with Crippen LogP contribution in [0.2, 0.25) is 0 Å². The second kappa shape index (κ2) is 3.49. The summed E-state index contributed by atoms with van der Waals surface area (Å²) < 4.78 is 5.66. The molecule has 3 atom stereocenters. The maximum atomic E-state index is 10.8. The third-order valence-corrected chi connectivity index (χ3v) is 4.12. The van der Waals surface area contributed by atoms with E-state index in [-0.39, 0.29) is 0 Å². The molecule has 0 radical (unpaired) electrons. The second-order valence-corrected chi connectivity index (χ2v) is 5.02. The fourth-order valence-corrected chi connectivity index (χ4v) is 3.14. The maximum absolute atomic E-state index is 10.8. The molecule has 3 unspecified atom stereocenters. The van der Waals surface area contributed by atoms with E-state index in [1.165, 1.54) is 0 Å². The highest BCUT2D eigenvalue weighted by molar-refractivity contribution is 5.17. The number of hydrogen-bond acceptors (Lipinski definition) is 3. The van der Waals surface area contributed by atoms with E-state index in [4.69, 9.17) is 4.74 Å². The summed E-state index contributed by atoms with van der Waals surface area (Å²) >= 11 is 0. The van der Waals surface area contributed by atoms with Crippen molar-refractivity contribution in [2.75, 3.05) is 26.2 Å². The number of hydrogen-bond donors (Lipinski definition) is 1. The molecule has 3 aliphatic heterocycles. The summed E-state index contributed by atoms with van der Waals surface area (Å²) in [7, 11) is 0. The SMILES string of the molecule is OC1(C2=CCCCO2)CCN2CCC1C2. The number of allylic oxidation sites excluding steroid dienone is 1. The number of ether oxygens (including phenoxy) is 1. The lowest BCUT2D eigenvalue weighted by molar-refractivity contribution is -0.0600. The lowest BCUT2D eigenvalue weighted by atomic mass is 9.80. The minimum Gasteiger partial charge on any atom is -0.495 e. The minimum absolute atomic E-state index is 0.399. The van der Waals surface area contributed by atoms with Gasteiger partial charge >= 0.3 is 0 Å². The monoisotopic (exact) mass is 209 g/mol. The molecule has 0 aromatic rings. The Morgan fingerprint density at radius 2 is 2.40 bits per heavy atom. The predicted octanol–water partition coefficient (Wildman–Crippen LogP) is 1.14.